The van der Waals surface area contributed by atoms with Crippen LogP contribution in [0, 0.1) is 0 Å². The smallest absolute Gasteiger partial charge is 0.258 e. The molecular weight excluding hydrogens is 306 g/mol. The van der Waals surface area contributed by atoms with Crippen LogP contribution < -0.4 is 5.56 Å². The van der Waals surface area contributed by atoms with Gasteiger partial charge in [-0.1, -0.05) is 12.1 Å². The molecule has 0 saturated heterocycles. The minimum Gasteiger partial charge on any atom is -0.329 e. The zero-order valence-corrected chi connectivity index (χ0v) is 13.4. The van der Waals surface area contributed by atoms with Crippen LogP contribution in [-0.4, -0.2) is 36.8 Å². The molecule has 1 amide bonds. The summed E-state index contributed by atoms with van der Waals surface area (Å²) in [6.07, 6.45) is 4.32. The number of benzene rings is 1. The summed E-state index contributed by atoms with van der Waals surface area (Å²) in [4.78, 5) is 41.4. The molecule has 1 aromatic carbocycles. The van der Waals surface area contributed by atoms with Crippen molar-refractivity contribution in [3.63, 3.8) is 0 Å². The lowest BCUT2D eigenvalue weighted by atomic mass is 10.2. The maximum absolute atomic E-state index is 12.7. The van der Waals surface area contributed by atoms with E-state index in [1.165, 1.54) is 18.7 Å². The highest BCUT2D eigenvalue weighted by atomic mass is 16.2. The molecule has 7 nitrogen and oxygen atoms in total. The molecule has 2 aromatic heterocycles. The van der Waals surface area contributed by atoms with Gasteiger partial charge >= 0.3 is 0 Å². The molecule has 0 radical (unpaired) electrons. The van der Waals surface area contributed by atoms with Gasteiger partial charge in [-0.2, -0.15) is 0 Å². The average molecular weight is 323 g/mol. The van der Waals surface area contributed by atoms with Gasteiger partial charge in [-0.3, -0.25) is 9.59 Å². The Bertz CT molecular complexity index is 921. The fraction of sp³-hybridized carbons (Fsp3) is 0.235. The molecule has 3 aromatic rings. The van der Waals surface area contributed by atoms with Gasteiger partial charge in [0.1, 0.15) is 12.2 Å². The molecular formula is C17H17N5O2. The van der Waals surface area contributed by atoms with Crippen molar-refractivity contribution < 1.29 is 4.79 Å². The van der Waals surface area contributed by atoms with E-state index in [9.17, 15) is 9.59 Å². The summed E-state index contributed by atoms with van der Waals surface area (Å²) in [5, 5.41) is 0.528. The van der Waals surface area contributed by atoms with Crippen LogP contribution in [0.5, 0.6) is 0 Å². The first-order chi connectivity index (χ1) is 11.6. The third kappa shape index (κ3) is 3.15. The number of aromatic nitrogens is 4. The fourth-order valence-corrected chi connectivity index (χ4v) is 2.44. The summed E-state index contributed by atoms with van der Waals surface area (Å²) in [7, 11) is 0. The summed E-state index contributed by atoms with van der Waals surface area (Å²) in [6.45, 7) is 4.01. The highest BCUT2D eigenvalue weighted by Gasteiger charge is 2.20. The maximum atomic E-state index is 12.7. The van der Waals surface area contributed by atoms with Gasteiger partial charge in [0.25, 0.3) is 11.5 Å². The molecule has 0 aliphatic heterocycles. The minimum atomic E-state index is -0.213. The molecule has 2 heterocycles. The molecule has 0 aliphatic rings. The Hall–Kier alpha value is -3.09. The van der Waals surface area contributed by atoms with Gasteiger partial charge in [0, 0.05) is 18.4 Å². The lowest BCUT2D eigenvalue weighted by molar-refractivity contribution is 0.0684. The third-order valence-electron chi connectivity index (χ3n) is 3.67. The van der Waals surface area contributed by atoms with Crippen molar-refractivity contribution in [1.82, 2.24) is 24.8 Å². The Balaban J connectivity index is 1.94. The third-order valence-corrected chi connectivity index (χ3v) is 3.67. The SMILES string of the molecule is CC(C)N(Cc1nc2ccccc2c(=O)[nH]1)C(=O)c1cncnc1. The van der Waals surface area contributed by atoms with Crippen LogP contribution in [0.25, 0.3) is 10.9 Å². The molecule has 0 atom stereocenters. The van der Waals surface area contributed by atoms with Crippen LogP contribution in [-0.2, 0) is 6.54 Å². The number of hydrogen-bond acceptors (Lipinski definition) is 5. The van der Waals surface area contributed by atoms with Gasteiger partial charge in [-0.05, 0) is 26.0 Å². The second-order valence-corrected chi connectivity index (χ2v) is 5.68. The standard InChI is InChI=1S/C17H17N5O2/c1-11(2)22(17(24)12-7-18-10-19-8-12)9-15-20-14-6-4-3-5-13(14)16(23)21-15/h3-8,10-11H,9H2,1-2H3,(H,20,21,23). The first kappa shape index (κ1) is 15.8. The predicted octanol–water partition coefficient (Wildman–Crippen LogP) is 1.76. The van der Waals surface area contributed by atoms with Crippen molar-refractivity contribution in [3.05, 3.63) is 64.7 Å². The van der Waals surface area contributed by atoms with Gasteiger partial charge in [0.05, 0.1) is 23.0 Å². The number of carbonyl (C=O) groups is 1. The zero-order valence-electron chi connectivity index (χ0n) is 13.4. The molecule has 3 rings (SSSR count). The number of hydrogen-bond donors (Lipinski definition) is 1. The number of H-pyrrole nitrogens is 1. The van der Waals surface area contributed by atoms with Crippen LogP contribution in [0.4, 0.5) is 0 Å². The number of nitrogens with zero attached hydrogens (tertiary/aromatic N) is 4. The molecule has 1 N–H and O–H groups in total. The number of fused-ring (bicyclic) bond motifs is 1. The summed E-state index contributed by atoms with van der Waals surface area (Å²) in [5.74, 6) is 0.235. The number of aromatic amines is 1. The van der Waals surface area contributed by atoms with Gasteiger partial charge in [0.2, 0.25) is 0 Å². The normalized spacial score (nSPS) is 11.0. The van der Waals surface area contributed by atoms with E-state index in [-0.39, 0.29) is 24.1 Å². The molecule has 24 heavy (non-hydrogen) atoms. The summed E-state index contributed by atoms with van der Waals surface area (Å²) < 4.78 is 0. The molecule has 122 valence electrons. The van der Waals surface area contributed by atoms with Gasteiger partial charge in [0.15, 0.2) is 0 Å². The van der Waals surface area contributed by atoms with Gasteiger partial charge in [-0.25, -0.2) is 15.0 Å². The average Bonchev–Trinajstić information content (AvgIpc) is 2.60. The molecule has 0 unspecified atom stereocenters. The van der Waals surface area contributed by atoms with Crippen molar-refractivity contribution in [3.8, 4) is 0 Å². The Morgan fingerprint density at radius 2 is 1.92 bits per heavy atom. The zero-order chi connectivity index (χ0) is 17.1. The van der Waals surface area contributed by atoms with E-state index in [1.54, 1.807) is 23.1 Å². The van der Waals surface area contributed by atoms with Gasteiger partial charge in [-0.15, -0.1) is 0 Å². The van der Waals surface area contributed by atoms with Crippen LogP contribution in [0.2, 0.25) is 0 Å². The Kier molecular flexibility index (Phi) is 4.33. The summed E-state index contributed by atoms with van der Waals surface area (Å²) in [5.41, 5.74) is 0.791. The number of amides is 1. The van der Waals surface area contributed by atoms with Gasteiger partial charge < -0.3 is 9.88 Å². The second-order valence-electron chi connectivity index (χ2n) is 5.68. The van der Waals surface area contributed by atoms with E-state index in [0.29, 0.717) is 22.3 Å². The van der Waals surface area contributed by atoms with Crippen LogP contribution in [0.3, 0.4) is 0 Å². The predicted molar refractivity (Wildman–Crippen MR) is 89.4 cm³/mol. The Morgan fingerprint density at radius 1 is 1.21 bits per heavy atom. The molecule has 0 spiro atoms. The van der Waals surface area contributed by atoms with Crippen molar-refractivity contribution in [2.24, 2.45) is 0 Å². The molecule has 7 heteroatoms. The topological polar surface area (TPSA) is 91.8 Å². The second kappa shape index (κ2) is 6.57. The monoisotopic (exact) mass is 323 g/mol. The molecule has 0 fully saturated rings. The van der Waals surface area contributed by atoms with E-state index >= 15 is 0 Å². The van der Waals surface area contributed by atoms with E-state index < -0.39 is 0 Å². The quantitative estimate of drug-likeness (QED) is 0.790. The largest absolute Gasteiger partial charge is 0.329 e. The molecule has 0 saturated carbocycles. The number of rotatable bonds is 4. The number of para-hydroxylation sites is 1. The van der Waals surface area contributed by atoms with E-state index in [0.717, 1.165) is 0 Å². The van der Waals surface area contributed by atoms with Crippen LogP contribution in [0.15, 0.2) is 47.8 Å². The number of carbonyl (C=O) groups excluding carboxylic acids is 1. The van der Waals surface area contributed by atoms with E-state index in [1.807, 2.05) is 19.9 Å². The van der Waals surface area contributed by atoms with Crippen molar-refractivity contribution in [2.75, 3.05) is 0 Å². The molecule has 0 aliphatic carbocycles. The summed E-state index contributed by atoms with van der Waals surface area (Å²) in [6, 6.07) is 7.04. The fourth-order valence-electron chi connectivity index (χ4n) is 2.44. The molecule has 0 bridgehead atoms. The first-order valence-corrected chi connectivity index (χ1v) is 7.60. The van der Waals surface area contributed by atoms with Crippen molar-refractivity contribution in [2.45, 2.75) is 26.4 Å². The minimum absolute atomic E-state index is 0.0746. The Morgan fingerprint density at radius 3 is 2.62 bits per heavy atom. The van der Waals surface area contributed by atoms with Crippen LogP contribution in [0.1, 0.15) is 30.0 Å². The highest BCUT2D eigenvalue weighted by Crippen LogP contribution is 2.12. The van der Waals surface area contributed by atoms with E-state index in [4.69, 9.17) is 0 Å². The van der Waals surface area contributed by atoms with Crippen LogP contribution >= 0.6 is 0 Å². The Labute approximate surface area is 138 Å². The van der Waals surface area contributed by atoms with Crippen molar-refractivity contribution >= 4 is 16.8 Å². The van der Waals surface area contributed by atoms with E-state index in [2.05, 4.69) is 19.9 Å². The number of nitrogens with one attached hydrogen (secondary N) is 1. The lowest BCUT2D eigenvalue weighted by Gasteiger charge is -2.26. The first-order valence-electron chi connectivity index (χ1n) is 7.60. The highest BCUT2D eigenvalue weighted by molar-refractivity contribution is 5.93. The van der Waals surface area contributed by atoms with Crippen molar-refractivity contribution in [1.29, 1.82) is 0 Å². The lowest BCUT2D eigenvalue weighted by Crippen LogP contribution is -2.37. The summed E-state index contributed by atoms with van der Waals surface area (Å²) >= 11 is 0. The maximum Gasteiger partial charge on any atom is 0.258 e.